The highest BCUT2D eigenvalue weighted by Crippen LogP contribution is 2.42. The molecule has 7 heteroatoms. The van der Waals surface area contributed by atoms with Crippen LogP contribution in [0.3, 0.4) is 0 Å². The maximum Gasteiger partial charge on any atom is 0.415 e. The molecule has 0 aliphatic carbocycles. The number of halogens is 3. The summed E-state index contributed by atoms with van der Waals surface area (Å²) < 4.78 is 40.4. The van der Waals surface area contributed by atoms with E-state index in [1.54, 1.807) is 13.0 Å². The lowest BCUT2D eigenvalue weighted by atomic mass is 9.83. The molecule has 0 saturated heterocycles. The SMILES string of the molecule is C=C(N/C(C)=C(/C=C(\C=C/C)C(C)(C)C)C(\C=C/C(=C)C(F)(F)F)=C/C)C1=C(C#N)C(C)(C)N(CCCC)N(Cc2ccc(C#CCC)c(C)c2C)C1=C. The van der Waals surface area contributed by atoms with Crippen molar-refractivity contribution in [2.45, 2.75) is 121 Å². The Morgan fingerprint density at radius 3 is 2.19 bits per heavy atom. The molecule has 0 amide bonds. The van der Waals surface area contributed by atoms with Gasteiger partial charge >= 0.3 is 6.18 Å². The van der Waals surface area contributed by atoms with Gasteiger partial charge in [0.1, 0.15) is 0 Å². The largest absolute Gasteiger partial charge is 0.415 e. The van der Waals surface area contributed by atoms with Gasteiger partial charge in [-0.15, -0.1) is 0 Å². The summed E-state index contributed by atoms with van der Waals surface area (Å²) >= 11 is 0. The van der Waals surface area contributed by atoms with Crippen LogP contribution >= 0.6 is 0 Å². The van der Waals surface area contributed by atoms with Gasteiger partial charge in [-0.2, -0.15) is 18.4 Å². The summed E-state index contributed by atoms with van der Waals surface area (Å²) in [5.74, 6) is 6.47. The molecule has 290 valence electrons. The van der Waals surface area contributed by atoms with Crippen molar-refractivity contribution in [2.75, 3.05) is 6.54 Å². The lowest BCUT2D eigenvalue weighted by Crippen LogP contribution is -2.58. The third-order valence-electron chi connectivity index (χ3n) is 9.86. The van der Waals surface area contributed by atoms with E-state index in [0.717, 1.165) is 53.2 Å². The first-order valence-corrected chi connectivity index (χ1v) is 18.7. The first-order valence-electron chi connectivity index (χ1n) is 18.7. The van der Waals surface area contributed by atoms with Gasteiger partial charge in [-0.25, -0.2) is 5.01 Å². The number of hydrazine groups is 1. The Kier molecular flexibility index (Phi) is 16.0. The summed E-state index contributed by atoms with van der Waals surface area (Å²) in [7, 11) is 0. The molecule has 0 atom stereocenters. The third-order valence-corrected chi connectivity index (χ3v) is 9.86. The predicted molar refractivity (Wildman–Crippen MR) is 222 cm³/mol. The average Bonchev–Trinajstić information content (AvgIpc) is 3.08. The number of nitrogens with zero attached hydrogens (tertiary/aromatic N) is 3. The molecule has 1 aromatic carbocycles. The quantitative estimate of drug-likeness (QED) is 0.162. The highest BCUT2D eigenvalue weighted by molar-refractivity contribution is 5.59. The van der Waals surface area contributed by atoms with Crippen molar-refractivity contribution < 1.29 is 13.2 Å². The van der Waals surface area contributed by atoms with Gasteiger partial charge in [-0.05, 0) is 100 Å². The van der Waals surface area contributed by atoms with Crippen LogP contribution in [0, 0.1) is 42.4 Å². The predicted octanol–water partition coefficient (Wildman–Crippen LogP) is 12.6. The normalized spacial score (nSPS) is 16.4. The van der Waals surface area contributed by atoms with Crippen LogP contribution in [0.1, 0.15) is 111 Å². The summed E-state index contributed by atoms with van der Waals surface area (Å²) in [5.41, 5.74) is 7.56. The molecule has 1 N–H and O–H groups in total. The Morgan fingerprint density at radius 2 is 1.67 bits per heavy atom. The summed E-state index contributed by atoms with van der Waals surface area (Å²) in [6.45, 7) is 37.9. The fourth-order valence-electron chi connectivity index (χ4n) is 6.33. The van der Waals surface area contributed by atoms with Crippen molar-refractivity contribution in [3.05, 3.63) is 141 Å². The molecule has 1 heterocycles. The molecule has 1 aliphatic rings. The molecular formula is C47H61F3N4. The van der Waals surface area contributed by atoms with Crippen molar-refractivity contribution >= 4 is 0 Å². The van der Waals surface area contributed by atoms with Crippen LogP contribution in [0.15, 0.2) is 119 Å². The van der Waals surface area contributed by atoms with Crippen molar-refractivity contribution in [3.63, 3.8) is 0 Å². The van der Waals surface area contributed by atoms with Crippen LogP contribution in [-0.4, -0.2) is 28.3 Å². The van der Waals surface area contributed by atoms with Crippen LogP contribution in [0.2, 0.25) is 0 Å². The number of hydrogen-bond acceptors (Lipinski definition) is 4. The number of allylic oxidation sites excluding steroid dienone is 11. The van der Waals surface area contributed by atoms with Crippen LogP contribution in [0.25, 0.3) is 0 Å². The highest BCUT2D eigenvalue weighted by Gasteiger charge is 2.43. The number of hydrogen-bond donors (Lipinski definition) is 1. The van der Waals surface area contributed by atoms with Gasteiger partial charge in [0.05, 0.1) is 29.4 Å². The zero-order valence-corrected chi connectivity index (χ0v) is 34.8. The number of rotatable bonds is 13. The van der Waals surface area contributed by atoms with Gasteiger partial charge in [-0.1, -0.05) is 109 Å². The monoisotopic (exact) mass is 738 g/mol. The van der Waals surface area contributed by atoms with E-state index in [9.17, 15) is 18.4 Å². The summed E-state index contributed by atoms with van der Waals surface area (Å²) in [5, 5.41) is 18.7. The molecule has 2 rings (SSSR count). The summed E-state index contributed by atoms with van der Waals surface area (Å²) in [4.78, 5) is 0. The van der Waals surface area contributed by atoms with E-state index in [1.807, 2.05) is 39.0 Å². The lowest BCUT2D eigenvalue weighted by Gasteiger charge is -2.52. The number of benzene rings is 1. The summed E-state index contributed by atoms with van der Waals surface area (Å²) in [6.07, 6.45) is 8.27. The fourth-order valence-corrected chi connectivity index (χ4v) is 6.33. The standard InChI is InChI=1S/C47H61F3N4/c1-16-20-23-39-26-27-40(34(7)33(39)6)31-53-37(10)44(43(30-51)46(14,15)54(53)28-21-17-2)36(9)52-35(8)42(29-41(22-18-3)45(11,12)13)38(19-4)25-24-32(5)47(48,49)50/h18-19,22,24-27,29,52H,5,9-10,16-17,21,28,31H2,1-4,6-8,11-15H3/b22-18-,25-24-,38-19-,41-29+,42-35-. The van der Waals surface area contributed by atoms with Crippen LogP contribution in [-0.2, 0) is 6.54 Å². The second-order valence-electron chi connectivity index (χ2n) is 15.2. The lowest BCUT2D eigenvalue weighted by molar-refractivity contribution is -0.0878. The molecule has 0 aromatic heterocycles. The van der Waals surface area contributed by atoms with E-state index in [1.165, 1.54) is 6.08 Å². The molecule has 54 heavy (non-hydrogen) atoms. The van der Waals surface area contributed by atoms with Gasteiger partial charge in [0.2, 0.25) is 0 Å². The Morgan fingerprint density at radius 1 is 1.02 bits per heavy atom. The van der Waals surface area contributed by atoms with Crippen molar-refractivity contribution in [3.8, 4) is 17.9 Å². The molecule has 0 radical (unpaired) electrons. The maximum atomic E-state index is 13.5. The third kappa shape index (κ3) is 10.9. The molecule has 0 bridgehead atoms. The van der Waals surface area contributed by atoms with E-state index >= 15 is 0 Å². The molecule has 0 saturated carbocycles. The second-order valence-corrected chi connectivity index (χ2v) is 15.2. The molecule has 0 unspecified atom stereocenters. The van der Waals surface area contributed by atoms with Crippen LogP contribution in [0.5, 0.6) is 0 Å². The van der Waals surface area contributed by atoms with Gasteiger partial charge in [0, 0.05) is 46.6 Å². The molecule has 4 nitrogen and oxygen atoms in total. The van der Waals surface area contributed by atoms with E-state index in [0.29, 0.717) is 52.5 Å². The number of unbranched alkanes of at least 4 members (excludes halogenated alkanes) is 1. The van der Waals surface area contributed by atoms with Crippen LogP contribution in [0.4, 0.5) is 13.2 Å². The molecule has 1 aromatic rings. The molecule has 0 fully saturated rings. The van der Waals surface area contributed by atoms with Crippen molar-refractivity contribution in [1.82, 2.24) is 15.3 Å². The summed E-state index contributed by atoms with van der Waals surface area (Å²) in [6, 6.07) is 6.70. The minimum absolute atomic E-state index is 0.273. The fraction of sp³-hybridized carbons (Fsp3) is 0.426. The zero-order chi connectivity index (χ0) is 41.2. The first-order chi connectivity index (χ1) is 25.1. The van der Waals surface area contributed by atoms with Gasteiger partial charge in [0.15, 0.2) is 0 Å². The Hall–Kier alpha value is -4.72. The van der Waals surface area contributed by atoms with Crippen molar-refractivity contribution in [2.24, 2.45) is 5.41 Å². The van der Waals surface area contributed by atoms with Crippen LogP contribution < -0.4 is 5.32 Å². The Balaban J connectivity index is 2.86. The van der Waals surface area contributed by atoms with E-state index < -0.39 is 17.3 Å². The zero-order valence-electron chi connectivity index (χ0n) is 34.8. The minimum Gasteiger partial charge on any atom is -0.359 e. The maximum absolute atomic E-state index is 13.5. The number of nitrogens with one attached hydrogen (secondary N) is 1. The minimum atomic E-state index is -4.55. The molecular weight excluding hydrogens is 678 g/mol. The average molecular weight is 739 g/mol. The second kappa shape index (κ2) is 19.0. The molecule has 0 spiro atoms. The molecule has 1 aliphatic heterocycles. The van der Waals surface area contributed by atoms with E-state index in [4.69, 9.17) is 0 Å². The number of alkyl halides is 3. The first kappa shape index (κ1) is 45.4. The highest BCUT2D eigenvalue weighted by atomic mass is 19.4. The van der Waals surface area contributed by atoms with E-state index in [2.05, 4.69) is 121 Å². The van der Waals surface area contributed by atoms with Crippen molar-refractivity contribution in [1.29, 1.82) is 5.26 Å². The topological polar surface area (TPSA) is 42.3 Å². The van der Waals surface area contributed by atoms with Gasteiger partial charge in [0.25, 0.3) is 0 Å². The van der Waals surface area contributed by atoms with Gasteiger partial charge in [-0.3, -0.25) is 0 Å². The Labute approximate surface area is 324 Å². The smallest absolute Gasteiger partial charge is 0.359 e. The van der Waals surface area contributed by atoms with Gasteiger partial charge < -0.3 is 10.3 Å². The van der Waals surface area contributed by atoms with E-state index in [-0.39, 0.29) is 5.41 Å². The Bertz CT molecular complexity index is 1900. The number of nitriles is 1.